The summed E-state index contributed by atoms with van der Waals surface area (Å²) in [7, 11) is 0. The van der Waals surface area contributed by atoms with Crippen LogP contribution < -0.4 is 0 Å². The molecular formula is C14H13NO2S2. The molecule has 0 radical (unpaired) electrons. The highest BCUT2D eigenvalue weighted by atomic mass is 32.2. The molecule has 0 fully saturated rings. The number of benzene rings is 1. The van der Waals surface area contributed by atoms with Gasteiger partial charge in [-0.05, 0) is 13.0 Å². The lowest BCUT2D eigenvalue weighted by molar-refractivity contribution is -0.142. The Morgan fingerprint density at radius 1 is 1.42 bits per heavy atom. The number of carbonyl (C=O) groups is 1. The van der Waals surface area contributed by atoms with Gasteiger partial charge in [-0.3, -0.25) is 4.79 Å². The van der Waals surface area contributed by atoms with Gasteiger partial charge in [0.25, 0.3) is 0 Å². The second kappa shape index (κ2) is 5.35. The van der Waals surface area contributed by atoms with Crippen LogP contribution in [0.25, 0.3) is 11.3 Å². The largest absolute Gasteiger partial charge is 0.466 e. The maximum Gasteiger partial charge on any atom is 0.312 e. The normalized spacial score (nSPS) is 12.7. The van der Waals surface area contributed by atoms with Gasteiger partial charge < -0.3 is 4.74 Å². The Labute approximate surface area is 120 Å². The second-order valence-electron chi connectivity index (χ2n) is 4.15. The van der Waals surface area contributed by atoms with Crippen LogP contribution in [-0.4, -0.2) is 17.6 Å². The molecule has 2 aromatic rings. The maximum absolute atomic E-state index is 11.5. The third-order valence-corrected chi connectivity index (χ3v) is 5.18. The van der Waals surface area contributed by atoms with Crippen LogP contribution in [0.4, 0.5) is 0 Å². The van der Waals surface area contributed by atoms with E-state index in [0.29, 0.717) is 6.61 Å². The molecule has 0 bridgehead atoms. The summed E-state index contributed by atoms with van der Waals surface area (Å²) in [5, 5.41) is 0.848. The first-order valence-corrected chi connectivity index (χ1v) is 7.94. The van der Waals surface area contributed by atoms with Gasteiger partial charge in [-0.15, -0.1) is 23.1 Å². The number of thiazole rings is 1. The van der Waals surface area contributed by atoms with Crippen LogP contribution in [0.2, 0.25) is 0 Å². The topological polar surface area (TPSA) is 39.2 Å². The van der Waals surface area contributed by atoms with Gasteiger partial charge in [0, 0.05) is 21.1 Å². The minimum Gasteiger partial charge on any atom is -0.466 e. The van der Waals surface area contributed by atoms with Crippen LogP contribution in [0.1, 0.15) is 16.8 Å². The highest BCUT2D eigenvalue weighted by Crippen LogP contribution is 2.43. The lowest BCUT2D eigenvalue weighted by atomic mass is 10.1. The van der Waals surface area contributed by atoms with Gasteiger partial charge in [-0.1, -0.05) is 18.2 Å². The molecule has 98 valence electrons. The highest BCUT2D eigenvalue weighted by Gasteiger charge is 2.21. The standard InChI is InChI=1S/C14H13NO2S2/c1-2-17-13(16)7-12-15-14-9-5-3-4-6-10(9)18-8-11(14)19-12/h3-6H,2,7-8H2,1H3. The van der Waals surface area contributed by atoms with Crippen molar-refractivity contribution in [3.63, 3.8) is 0 Å². The first-order valence-electron chi connectivity index (χ1n) is 6.14. The van der Waals surface area contributed by atoms with Crippen LogP contribution in [0.5, 0.6) is 0 Å². The fourth-order valence-corrected chi connectivity index (χ4v) is 4.25. The molecule has 0 saturated carbocycles. The molecule has 5 heteroatoms. The summed E-state index contributed by atoms with van der Waals surface area (Å²) in [6.07, 6.45) is 0.276. The van der Waals surface area contributed by atoms with Gasteiger partial charge in [0.1, 0.15) is 5.01 Å². The minimum absolute atomic E-state index is 0.200. The number of aromatic nitrogens is 1. The molecule has 0 spiro atoms. The fraction of sp³-hybridized carbons (Fsp3) is 0.286. The van der Waals surface area contributed by atoms with E-state index in [9.17, 15) is 4.79 Å². The molecule has 1 aliphatic heterocycles. The molecule has 1 aromatic heterocycles. The Morgan fingerprint density at radius 2 is 2.26 bits per heavy atom. The van der Waals surface area contributed by atoms with Crippen molar-refractivity contribution in [2.24, 2.45) is 0 Å². The van der Waals surface area contributed by atoms with Crippen molar-refractivity contribution in [3.8, 4) is 11.3 Å². The van der Waals surface area contributed by atoms with E-state index in [4.69, 9.17) is 4.74 Å². The lowest BCUT2D eigenvalue weighted by Gasteiger charge is -2.13. The van der Waals surface area contributed by atoms with Crippen molar-refractivity contribution in [1.29, 1.82) is 0 Å². The number of rotatable bonds is 3. The van der Waals surface area contributed by atoms with Crippen LogP contribution in [-0.2, 0) is 21.7 Å². The molecule has 0 atom stereocenters. The second-order valence-corrected chi connectivity index (χ2v) is 6.33. The van der Waals surface area contributed by atoms with Crippen molar-refractivity contribution >= 4 is 29.1 Å². The molecular weight excluding hydrogens is 278 g/mol. The maximum atomic E-state index is 11.5. The SMILES string of the molecule is CCOC(=O)Cc1nc2c(s1)CSc1ccccc1-2. The third kappa shape index (κ3) is 2.53. The predicted octanol–water partition coefficient (Wildman–Crippen LogP) is 3.52. The number of hydrogen-bond acceptors (Lipinski definition) is 5. The summed E-state index contributed by atoms with van der Waals surface area (Å²) in [5.74, 6) is 0.738. The molecule has 3 rings (SSSR count). The molecule has 3 nitrogen and oxygen atoms in total. The summed E-state index contributed by atoms with van der Waals surface area (Å²) in [6, 6.07) is 8.28. The van der Waals surface area contributed by atoms with Crippen LogP contribution in [0.15, 0.2) is 29.2 Å². The van der Waals surface area contributed by atoms with E-state index in [1.165, 1.54) is 15.3 Å². The monoisotopic (exact) mass is 291 g/mol. The van der Waals surface area contributed by atoms with Gasteiger partial charge in [0.15, 0.2) is 0 Å². The smallest absolute Gasteiger partial charge is 0.312 e. The zero-order chi connectivity index (χ0) is 13.2. The number of esters is 1. The molecule has 0 unspecified atom stereocenters. The van der Waals surface area contributed by atoms with E-state index >= 15 is 0 Å². The summed E-state index contributed by atoms with van der Waals surface area (Å²) >= 11 is 3.45. The number of thioether (sulfide) groups is 1. The van der Waals surface area contributed by atoms with Gasteiger partial charge in [0.05, 0.1) is 18.7 Å². The summed E-state index contributed by atoms with van der Waals surface area (Å²) < 4.78 is 4.97. The first-order chi connectivity index (χ1) is 9.28. The number of carbonyl (C=O) groups excluding carboxylic acids is 1. The number of fused-ring (bicyclic) bond motifs is 3. The Hall–Kier alpha value is -1.33. The molecule has 2 heterocycles. The Kier molecular flexibility index (Phi) is 3.57. The number of nitrogens with zero attached hydrogens (tertiary/aromatic N) is 1. The van der Waals surface area contributed by atoms with Crippen LogP contribution in [0, 0.1) is 0 Å². The molecule has 19 heavy (non-hydrogen) atoms. The zero-order valence-electron chi connectivity index (χ0n) is 10.5. The van der Waals surface area contributed by atoms with Crippen molar-refractivity contribution in [3.05, 3.63) is 34.2 Å². The van der Waals surface area contributed by atoms with Crippen molar-refractivity contribution in [2.75, 3.05) is 6.61 Å². The summed E-state index contributed by atoms with van der Waals surface area (Å²) in [4.78, 5) is 18.6. The van der Waals surface area contributed by atoms with Gasteiger partial charge >= 0.3 is 5.97 Å². The van der Waals surface area contributed by atoms with Crippen LogP contribution >= 0.6 is 23.1 Å². The van der Waals surface area contributed by atoms with E-state index in [1.54, 1.807) is 11.3 Å². The quantitative estimate of drug-likeness (QED) is 0.811. The van der Waals surface area contributed by atoms with E-state index < -0.39 is 0 Å². The Morgan fingerprint density at radius 3 is 3.11 bits per heavy atom. The van der Waals surface area contributed by atoms with Gasteiger partial charge in [0.2, 0.25) is 0 Å². The molecule has 1 aromatic carbocycles. The average molecular weight is 291 g/mol. The van der Waals surface area contributed by atoms with Crippen molar-refractivity contribution < 1.29 is 9.53 Å². The molecule has 1 aliphatic rings. The van der Waals surface area contributed by atoms with Crippen molar-refractivity contribution in [2.45, 2.75) is 24.0 Å². The van der Waals surface area contributed by atoms with E-state index in [0.717, 1.165) is 16.5 Å². The Balaban J connectivity index is 1.90. The zero-order valence-corrected chi connectivity index (χ0v) is 12.1. The van der Waals surface area contributed by atoms with Crippen molar-refractivity contribution in [1.82, 2.24) is 4.98 Å². The Bertz CT molecular complexity index is 622. The van der Waals surface area contributed by atoms with Crippen LogP contribution in [0.3, 0.4) is 0 Å². The fourth-order valence-electron chi connectivity index (χ4n) is 2.05. The lowest BCUT2D eigenvalue weighted by Crippen LogP contribution is -2.07. The van der Waals surface area contributed by atoms with E-state index in [1.807, 2.05) is 30.8 Å². The number of ether oxygens (including phenoxy) is 1. The molecule has 0 saturated heterocycles. The minimum atomic E-state index is -0.200. The molecule has 0 N–H and O–H groups in total. The van der Waals surface area contributed by atoms with E-state index in [2.05, 4.69) is 17.1 Å². The van der Waals surface area contributed by atoms with Gasteiger partial charge in [-0.25, -0.2) is 4.98 Å². The predicted molar refractivity (Wildman–Crippen MR) is 77.4 cm³/mol. The molecule has 0 aliphatic carbocycles. The molecule has 0 amide bonds. The van der Waals surface area contributed by atoms with E-state index in [-0.39, 0.29) is 12.4 Å². The highest BCUT2D eigenvalue weighted by molar-refractivity contribution is 7.98. The first kappa shape index (κ1) is 12.7. The number of hydrogen-bond donors (Lipinski definition) is 0. The average Bonchev–Trinajstić information content (AvgIpc) is 2.81. The summed E-state index contributed by atoms with van der Waals surface area (Å²) in [5.41, 5.74) is 2.22. The van der Waals surface area contributed by atoms with Gasteiger partial charge in [-0.2, -0.15) is 0 Å². The third-order valence-electron chi connectivity index (χ3n) is 2.84. The summed E-state index contributed by atoms with van der Waals surface area (Å²) in [6.45, 7) is 2.24.